The van der Waals surface area contributed by atoms with E-state index >= 15 is 0 Å². The predicted octanol–water partition coefficient (Wildman–Crippen LogP) is 5.12. The summed E-state index contributed by atoms with van der Waals surface area (Å²) < 4.78 is 11.0. The number of aryl methyl sites for hydroxylation is 2. The van der Waals surface area contributed by atoms with Gasteiger partial charge in [-0.15, -0.1) is 0 Å². The topological polar surface area (TPSA) is 65.6 Å². The molecule has 2 aromatic carbocycles. The van der Waals surface area contributed by atoms with Crippen LogP contribution >= 0.6 is 33.9 Å². The van der Waals surface area contributed by atoms with Crippen LogP contribution in [0.3, 0.4) is 0 Å². The zero-order chi connectivity index (χ0) is 27.1. The van der Waals surface area contributed by atoms with E-state index in [1.165, 1.54) is 11.3 Å². The summed E-state index contributed by atoms with van der Waals surface area (Å²) in [5.74, 6) is -0.449. The summed E-state index contributed by atoms with van der Waals surface area (Å²) in [6, 6.07) is 17.7. The van der Waals surface area contributed by atoms with Crippen LogP contribution in [0.2, 0.25) is 0 Å². The number of ether oxygens (including phenoxy) is 1. The van der Waals surface area contributed by atoms with Crippen molar-refractivity contribution in [3.8, 4) is 5.69 Å². The van der Waals surface area contributed by atoms with Crippen molar-refractivity contribution in [1.82, 2.24) is 9.13 Å². The van der Waals surface area contributed by atoms with Gasteiger partial charge in [0.05, 0.1) is 28.5 Å². The van der Waals surface area contributed by atoms with Gasteiger partial charge in [0.25, 0.3) is 5.56 Å². The molecule has 1 aliphatic heterocycles. The van der Waals surface area contributed by atoms with Gasteiger partial charge in [0, 0.05) is 20.6 Å². The lowest BCUT2D eigenvalue weighted by molar-refractivity contribution is -0.139. The minimum Gasteiger partial charge on any atom is -0.463 e. The van der Waals surface area contributed by atoms with E-state index in [9.17, 15) is 9.59 Å². The van der Waals surface area contributed by atoms with E-state index in [4.69, 9.17) is 4.74 Å². The van der Waals surface area contributed by atoms with Gasteiger partial charge in [-0.2, -0.15) is 0 Å². The lowest BCUT2D eigenvalue weighted by Crippen LogP contribution is -2.39. The largest absolute Gasteiger partial charge is 0.463 e. The second kappa shape index (κ2) is 10.5. The Bertz CT molecular complexity index is 1770. The Morgan fingerprint density at radius 3 is 2.53 bits per heavy atom. The lowest BCUT2D eigenvalue weighted by atomic mass is 9.95. The van der Waals surface area contributed by atoms with Crippen molar-refractivity contribution in [2.24, 2.45) is 4.99 Å². The monoisotopic (exact) mass is 637 g/mol. The van der Waals surface area contributed by atoms with Crippen molar-refractivity contribution in [3.05, 3.63) is 117 Å². The molecule has 38 heavy (non-hydrogen) atoms. The molecule has 4 aromatic rings. The summed E-state index contributed by atoms with van der Waals surface area (Å²) in [5, 5.41) is 0. The molecule has 3 heterocycles. The second-order valence-electron chi connectivity index (χ2n) is 9.35. The molecular weight excluding hydrogens is 609 g/mol. The number of halogens is 1. The molecule has 194 valence electrons. The van der Waals surface area contributed by atoms with Gasteiger partial charge in [0.2, 0.25) is 0 Å². The zero-order valence-corrected chi connectivity index (χ0v) is 24.9. The fourth-order valence-electron chi connectivity index (χ4n) is 4.94. The van der Waals surface area contributed by atoms with Crippen LogP contribution < -0.4 is 14.9 Å². The molecule has 0 unspecified atom stereocenters. The van der Waals surface area contributed by atoms with Gasteiger partial charge in [-0.25, -0.2) is 9.79 Å². The molecular formula is C30H28IN3O3S. The van der Waals surface area contributed by atoms with Crippen LogP contribution in [-0.4, -0.2) is 21.7 Å². The summed E-state index contributed by atoms with van der Waals surface area (Å²) >= 11 is 3.66. The van der Waals surface area contributed by atoms with E-state index < -0.39 is 12.0 Å². The number of rotatable bonds is 5. The van der Waals surface area contributed by atoms with Gasteiger partial charge < -0.3 is 9.30 Å². The molecule has 0 N–H and O–H groups in total. The molecule has 1 atom stereocenters. The number of allylic oxidation sites excluding steroid dienone is 1. The van der Waals surface area contributed by atoms with Crippen molar-refractivity contribution in [2.45, 2.75) is 40.7 Å². The standard InChI is InChI=1S/C30H28IN3O3S/c1-6-37-29(36)26-19(4)32-30-34(27(26)21-12-10-17(2)11-13-21)28(35)25(38-30)15-22-14-18(3)33(20(22)5)24-9-7-8-23(31)16-24/h7-16,27H,6H2,1-5H3/b25-15+/t27-/m0/s1. The average molecular weight is 638 g/mol. The summed E-state index contributed by atoms with van der Waals surface area (Å²) in [7, 11) is 0. The molecule has 0 aliphatic carbocycles. The van der Waals surface area contributed by atoms with E-state index in [-0.39, 0.29) is 12.2 Å². The lowest BCUT2D eigenvalue weighted by Gasteiger charge is -2.24. The highest BCUT2D eigenvalue weighted by molar-refractivity contribution is 14.1. The second-order valence-corrected chi connectivity index (χ2v) is 11.6. The fourth-order valence-corrected chi connectivity index (χ4v) is 6.51. The number of esters is 1. The smallest absolute Gasteiger partial charge is 0.338 e. The third kappa shape index (κ3) is 4.71. The Balaban J connectivity index is 1.69. The average Bonchev–Trinajstić information content (AvgIpc) is 3.33. The Morgan fingerprint density at radius 2 is 1.84 bits per heavy atom. The highest BCUT2D eigenvalue weighted by Crippen LogP contribution is 2.31. The van der Waals surface area contributed by atoms with Gasteiger partial charge in [-0.3, -0.25) is 9.36 Å². The number of aromatic nitrogens is 2. The van der Waals surface area contributed by atoms with E-state index in [1.54, 1.807) is 18.4 Å². The minimum atomic E-state index is -0.605. The highest BCUT2D eigenvalue weighted by atomic mass is 127. The molecule has 0 radical (unpaired) electrons. The van der Waals surface area contributed by atoms with Crippen LogP contribution in [-0.2, 0) is 9.53 Å². The number of nitrogens with zero attached hydrogens (tertiary/aromatic N) is 3. The molecule has 0 saturated heterocycles. The fraction of sp³-hybridized carbons (Fsp3) is 0.233. The first-order valence-corrected chi connectivity index (χ1v) is 14.3. The first-order valence-electron chi connectivity index (χ1n) is 12.4. The van der Waals surface area contributed by atoms with Crippen LogP contribution in [0.5, 0.6) is 0 Å². The predicted molar refractivity (Wildman–Crippen MR) is 160 cm³/mol. The summed E-state index contributed by atoms with van der Waals surface area (Å²) in [6.07, 6.45) is 1.94. The van der Waals surface area contributed by atoms with Gasteiger partial charge in [-0.05, 0) is 98.7 Å². The van der Waals surface area contributed by atoms with Gasteiger partial charge in [0.15, 0.2) is 4.80 Å². The molecule has 0 amide bonds. The molecule has 0 spiro atoms. The van der Waals surface area contributed by atoms with Crippen LogP contribution in [0.1, 0.15) is 48.0 Å². The molecule has 0 bridgehead atoms. The summed E-state index contributed by atoms with van der Waals surface area (Å²) in [6.45, 7) is 9.97. The number of benzene rings is 2. The third-order valence-corrected chi connectivity index (χ3v) is 8.39. The maximum absolute atomic E-state index is 13.9. The van der Waals surface area contributed by atoms with E-state index in [0.29, 0.717) is 20.6 Å². The molecule has 5 rings (SSSR count). The van der Waals surface area contributed by atoms with E-state index in [1.807, 2.05) is 43.3 Å². The molecule has 1 aliphatic rings. The quantitative estimate of drug-likeness (QED) is 0.226. The van der Waals surface area contributed by atoms with Gasteiger partial charge in [-0.1, -0.05) is 47.2 Å². The number of thiazole rings is 1. The third-order valence-electron chi connectivity index (χ3n) is 6.73. The SMILES string of the molecule is CCOC(=O)C1=C(C)N=c2s/c(=C/c3cc(C)n(-c4cccc(I)c4)c3C)c(=O)n2[C@H]1c1ccc(C)cc1. The number of carbonyl (C=O) groups is 1. The Labute approximate surface area is 238 Å². The van der Waals surface area contributed by atoms with Crippen molar-refractivity contribution in [2.75, 3.05) is 6.61 Å². The molecule has 6 nitrogen and oxygen atoms in total. The molecule has 8 heteroatoms. The van der Waals surface area contributed by atoms with Crippen molar-refractivity contribution >= 4 is 46.0 Å². The normalized spacial score (nSPS) is 15.4. The maximum Gasteiger partial charge on any atom is 0.338 e. The van der Waals surface area contributed by atoms with Crippen LogP contribution in [0.4, 0.5) is 0 Å². The maximum atomic E-state index is 13.9. The summed E-state index contributed by atoms with van der Waals surface area (Å²) in [5.41, 5.74) is 6.93. The first kappa shape index (κ1) is 26.4. The van der Waals surface area contributed by atoms with Crippen LogP contribution in [0.15, 0.2) is 75.7 Å². The van der Waals surface area contributed by atoms with Crippen molar-refractivity contribution in [3.63, 3.8) is 0 Å². The molecule has 0 saturated carbocycles. The van der Waals surface area contributed by atoms with Crippen LogP contribution in [0.25, 0.3) is 11.8 Å². The highest BCUT2D eigenvalue weighted by Gasteiger charge is 2.33. The number of hydrogen-bond acceptors (Lipinski definition) is 5. The molecule has 2 aromatic heterocycles. The van der Waals surface area contributed by atoms with E-state index in [0.717, 1.165) is 37.3 Å². The summed E-state index contributed by atoms with van der Waals surface area (Å²) in [4.78, 5) is 32.2. The zero-order valence-electron chi connectivity index (χ0n) is 21.9. The number of hydrogen-bond donors (Lipinski definition) is 0. The molecule has 0 fully saturated rings. The number of fused-ring (bicyclic) bond motifs is 1. The van der Waals surface area contributed by atoms with E-state index in [2.05, 4.69) is 70.3 Å². The van der Waals surface area contributed by atoms with Gasteiger partial charge >= 0.3 is 5.97 Å². The van der Waals surface area contributed by atoms with Crippen molar-refractivity contribution < 1.29 is 9.53 Å². The first-order chi connectivity index (χ1) is 18.2. The Morgan fingerprint density at radius 1 is 1.11 bits per heavy atom. The Hall–Kier alpha value is -3.24. The Kier molecular flexibility index (Phi) is 7.28. The number of carbonyl (C=O) groups excluding carboxylic acids is 1. The van der Waals surface area contributed by atoms with Gasteiger partial charge in [0.1, 0.15) is 0 Å². The van der Waals surface area contributed by atoms with Crippen LogP contribution in [0, 0.1) is 24.3 Å². The minimum absolute atomic E-state index is 0.173. The van der Waals surface area contributed by atoms with Crippen molar-refractivity contribution in [1.29, 1.82) is 0 Å².